The second-order valence-electron chi connectivity index (χ2n) is 3.67. The molecule has 90 valence electrons. The first-order valence-electron chi connectivity index (χ1n) is 5.44. The topological polar surface area (TPSA) is 25.2 Å². The Morgan fingerprint density at radius 1 is 1.41 bits per heavy atom. The number of rotatable bonds is 4. The fourth-order valence-corrected chi connectivity index (χ4v) is 1.92. The minimum absolute atomic E-state index is 0.285. The molecule has 0 saturated carbocycles. The van der Waals surface area contributed by atoms with Crippen LogP contribution < -0.4 is 5.32 Å². The average molecular weight is 254 g/mol. The Morgan fingerprint density at radius 3 is 2.82 bits per heavy atom. The minimum Gasteiger partial charge on any atom is -0.467 e. The van der Waals surface area contributed by atoms with Gasteiger partial charge in [-0.15, -0.1) is 0 Å². The summed E-state index contributed by atoms with van der Waals surface area (Å²) in [4.78, 5) is 0. The predicted octanol–water partition coefficient (Wildman–Crippen LogP) is 3.77. The molecule has 1 unspecified atom stereocenters. The highest BCUT2D eigenvalue weighted by molar-refractivity contribution is 6.30. The minimum atomic E-state index is -0.333. The summed E-state index contributed by atoms with van der Waals surface area (Å²) in [5.74, 6) is 0.355. The van der Waals surface area contributed by atoms with Crippen LogP contribution in [0.4, 0.5) is 4.39 Å². The first-order valence-corrected chi connectivity index (χ1v) is 5.82. The summed E-state index contributed by atoms with van der Waals surface area (Å²) in [5.41, 5.74) is 0.534. The van der Waals surface area contributed by atoms with Crippen LogP contribution >= 0.6 is 11.6 Å². The molecule has 2 rings (SSSR count). The smallest absolute Gasteiger partial charge is 0.129 e. The number of halogens is 2. The van der Waals surface area contributed by atoms with Crippen LogP contribution in [-0.2, 0) is 0 Å². The second kappa shape index (κ2) is 5.34. The molecule has 17 heavy (non-hydrogen) atoms. The summed E-state index contributed by atoms with van der Waals surface area (Å²) < 4.78 is 19.2. The lowest BCUT2D eigenvalue weighted by atomic mass is 10.0. The molecule has 1 aromatic carbocycles. The lowest BCUT2D eigenvalue weighted by Crippen LogP contribution is -2.22. The lowest BCUT2D eigenvalue weighted by molar-refractivity contribution is 0.441. The van der Waals surface area contributed by atoms with Gasteiger partial charge in [0.25, 0.3) is 0 Å². The molecule has 0 bridgehead atoms. The number of furan rings is 1. The van der Waals surface area contributed by atoms with Crippen LogP contribution in [0.3, 0.4) is 0 Å². The van der Waals surface area contributed by atoms with E-state index >= 15 is 0 Å². The van der Waals surface area contributed by atoms with Crippen molar-refractivity contribution < 1.29 is 8.81 Å². The van der Waals surface area contributed by atoms with Crippen LogP contribution in [0, 0.1) is 5.82 Å². The summed E-state index contributed by atoms with van der Waals surface area (Å²) in [6.07, 6.45) is 1.58. The third-order valence-corrected chi connectivity index (χ3v) is 2.74. The van der Waals surface area contributed by atoms with Crippen molar-refractivity contribution in [1.82, 2.24) is 5.32 Å². The molecule has 0 saturated heterocycles. The van der Waals surface area contributed by atoms with E-state index in [1.165, 1.54) is 6.07 Å². The molecule has 1 N–H and O–H groups in total. The van der Waals surface area contributed by atoms with Crippen molar-refractivity contribution in [1.29, 1.82) is 0 Å². The van der Waals surface area contributed by atoms with E-state index in [0.717, 1.165) is 0 Å². The zero-order valence-corrected chi connectivity index (χ0v) is 10.2. The number of hydrogen-bond donors (Lipinski definition) is 1. The summed E-state index contributed by atoms with van der Waals surface area (Å²) in [5, 5.41) is 3.57. The van der Waals surface area contributed by atoms with Gasteiger partial charge in [0.05, 0.1) is 12.3 Å². The Labute approximate surface area is 104 Å². The molecule has 1 aromatic heterocycles. The van der Waals surface area contributed by atoms with Gasteiger partial charge in [-0.1, -0.05) is 24.6 Å². The molecular weight excluding hydrogens is 241 g/mol. The average Bonchev–Trinajstić information content (AvgIpc) is 2.80. The van der Waals surface area contributed by atoms with E-state index in [9.17, 15) is 4.39 Å². The van der Waals surface area contributed by atoms with Gasteiger partial charge in [0, 0.05) is 10.6 Å². The van der Waals surface area contributed by atoms with E-state index in [2.05, 4.69) is 5.32 Å². The number of benzene rings is 1. The van der Waals surface area contributed by atoms with Crippen LogP contribution in [0.2, 0.25) is 5.02 Å². The molecule has 4 heteroatoms. The normalized spacial score (nSPS) is 12.6. The Balaban J connectivity index is 2.39. The van der Waals surface area contributed by atoms with Crippen LogP contribution in [0.5, 0.6) is 0 Å². The lowest BCUT2D eigenvalue weighted by Gasteiger charge is -2.16. The van der Waals surface area contributed by atoms with E-state index in [1.807, 2.05) is 13.0 Å². The van der Waals surface area contributed by atoms with Gasteiger partial charge in [0.1, 0.15) is 11.6 Å². The van der Waals surface area contributed by atoms with Crippen molar-refractivity contribution >= 4 is 11.6 Å². The van der Waals surface area contributed by atoms with E-state index in [0.29, 0.717) is 22.9 Å². The van der Waals surface area contributed by atoms with Gasteiger partial charge >= 0.3 is 0 Å². The molecule has 0 aliphatic heterocycles. The maximum atomic E-state index is 13.8. The van der Waals surface area contributed by atoms with E-state index in [1.54, 1.807) is 24.5 Å². The molecule has 0 aliphatic rings. The Kier molecular flexibility index (Phi) is 3.82. The van der Waals surface area contributed by atoms with E-state index in [4.69, 9.17) is 16.0 Å². The molecule has 1 atom stereocenters. The number of hydrogen-bond acceptors (Lipinski definition) is 2. The Hall–Kier alpha value is -1.32. The molecule has 2 aromatic rings. The molecule has 0 aliphatic carbocycles. The van der Waals surface area contributed by atoms with Crippen molar-refractivity contribution in [3.8, 4) is 0 Å². The quantitative estimate of drug-likeness (QED) is 0.897. The van der Waals surface area contributed by atoms with Crippen LogP contribution in [-0.4, -0.2) is 6.54 Å². The Bertz CT molecular complexity index is 484. The maximum Gasteiger partial charge on any atom is 0.129 e. The molecule has 2 nitrogen and oxygen atoms in total. The standard InChI is InChI=1S/C13H13ClFNO/c1-2-16-13(12-4-3-7-17-12)10-6-5-9(14)8-11(10)15/h3-8,13,16H,2H2,1H3. The van der Waals surface area contributed by atoms with Gasteiger partial charge in [0.15, 0.2) is 0 Å². The highest BCUT2D eigenvalue weighted by atomic mass is 35.5. The second-order valence-corrected chi connectivity index (χ2v) is 4.11. The van der Waals surface area contributed by atoms with Crippen LogP contribution in [0.25, 0.3) is 0 Å². The van der Waals surface area contributed by atoms with Gasteiger partial charge < -0.3 is 9.73 Å². The first kappa shape index (κ1) is 12.1. The van der Waals surface area contributed by atoms with Crippen LogP contribution in [0.1, 0.15) is 24.3 Å². The van der Waals surface area contributed by atoms with Gasteiger partial charge in [-0.2, -0.15) is 0 Å². The third kappa shape index (κ3) is 2.68. The van der Waals surface area contributed by atoms with Gasteiger partial charge in [-0.3, -0.25) is 0 Å². The molecule has 0 amide bonds. The summed E-state index contributed by atoms with van der Waals surface area (Å²) in [6.45, 7) is 2.68. The molecular formula is C13H13ClFNO. The van der Waals surface area contributed by atoms with Gasteiger partial charge in [0.2, 0.25) is 0 Å². The monoisotopic (exact) mass is 253 g/mol. The zero-order chi connectivity index (χ0) is 12.3. The largest absolute Gasteiger partial charge is 0.467 e. The fraction of sp³-hybridized carbons (Fsp3) is 0.231. The van der Waals surface area contributed by atoms with Gasteiger partial charge in [-0.25, -0.2) is 4.39 Å². The van der Waals surface area contributed by atoms with Crippen molar-refractivity contribution in [2.75, 3.05) is 6.54 Å². The highest BCUT2D eigenvalue weighted by Crippen LogP contribution is 2.26. The zero-order valence-electron chi connectivity index (χ0n) is 9.41. The molecule has 0 spiro atoms. The fourth-order valence-electron chi connectivity index (χ4n) is 1.76. The number of nitrogens with one attached hydrogen (secondary N) is 1. The maximum absolute atomic E-state index is 13.8. The molecule has 1 heterocycles. The first-order chi connectivity index (χ1) is 8.22. The summed E-state index contributed by atoms with van der Waals surface area (Å²) in [7, 11) is 0. The third-order valence-electron chi connectivity index (χ3n) is 2.51. The summed E-state index contributed by atoms with van der Waals surface area (Å²) in [6, 6.07) is 7.98. The predicted molar refractivity (Wildman–Crippen MR) is 65.6 cm³/mol. The van der Waals surface area contributed by atoms with Gasteiger partial charge in [-0.05, 0) is 30.8 Å². The Morgan fingerprint density at radius 2 is 2.24 bits per heavy atom. The SMILES string of the molecule is CCNC(c1ccco1)c1ccc(Cl)cc1F. The van der Waals surface area contributed by atoms with Crippen molar-refractivity contribution in [2.45, 2.75) is 13.0 Å². The highest BCUT2D eigenvalue weighted by Gasteiger charge is 2.19. The van der Waals surface area contributed by atoms with E-state index in [-0.39, 0.29) is 11.9 Å². The van der Waals surface area contributed by atoms with Crippen molar-refractivity contribution in [2.24, 2.45) is 0 Å². The molecule has 0 fully saturated rings. The van der Waals surface area contributed by atoms with Crippen molar-refractivity contribution in [3.63, 3.8) is 0 Å². The van der Waals surface area contributed by atoms with Crippen molar-refractivity contribution in [3.05, 3.63) is 58.8 Å². The van der Waals surface area contributed by atoms with Crippen LogP contribution in [0.15, 0.2) is 41.0 Å². The summed E-state index contributed by atoms with van der Waals surface area (Å²) >= 11 is 5.74. The van der Waals surface area contributed by atoms with E-state index < -0.39 is 0 Å². The molecule has 0 radical (unpaired) electrons.